The molecule has 4 rings (SSSR count). The van der Waals surface area contributed by atoms with Gasteiger partial charge in [-0.25, -0.2) is 4.79 Å². The number of hydrogen-bond donors (Lipinski definition) is 0. The number of esters is 1. The molecule has 2 heteroatoms. The molecule has 0 atom stereocenters. The van der Waals surface area contributed by atoms with Crippen molar-refractivity contribution in [3.05, 3.63) is 89.5 Å². The number of rotatable bonds is 2. The molecule has 4 aromatic carbocycles. The van der Waals surface area contributed by atoms with E-state index in [-0.39, 0.29) is 5.97 Å². The van der Waals surface area contributed by atoms with Gasteiger partial charge in [0.25, 0.3) is 0 Å². The minimum absolute atomic E-state index is 0.337. The lowest BCUT2D eigenvalue weighted by atomic mass is 10.0. The monoisotopic (exact) mass is 326 g/mol. The summed E-state index contributed by atoms with van der Waals surface area (Å²) in [7, 11) is 0. The van der Waals surface area contributed by atoms with Crippen LogP contribution in [0.15, 0.2) is 72.8 Å². The van der Waals surface area contributed by atoms with Crippen LogP contribution in [0.5, 0.6) is 5.75 Å². The van der Waals surface area contributed by atoms with E-state index in [0.29, 0.717) is 11.3 Å². The predicted molar refractivity (Wildman–Crippen MR) is 102 cm³/mol. The van der Waals surface area contributed by atoms with E-state index >= 15 is 0 Å². The number of hydrogen-bond acceptors (Lipinski definition) is 2. The Hall–Kier alpha value is -3.13. The minimum atomic E-state index is -0.337. The summed E-state index contributed by atoms with van der Waals surface area (Å²) in [5.74, 6) is 0.252. The van der Waals surface area contributed by atoms with Gasteiger partial charge in [0.2, 0.25) is 0 Å². The quantitative estimate of drug-likeness (QED) is 0.342. The number of aryl methyl sites for hydroxylation is 2. The van der Waals surface area contributed by atoms with Gasteiger partial charge in [-0.2, -0.15) is 0 Å². The molecule has 0 saturated heterocycles. The van der Waals surface area contributed by atoms with Crippen LogP contribution in [0.4, 0.5) is 0 Å². The van der Waals surface area contributed by atoms with Crippen molar-refractivity contribution < 1.29 is 9.53 Å². The van der Waals surface area contributed by atoms with Crippen LogP contribution >= 0.6 is 0 Å². The average molecular weight is 326 g/mol. The van der Waals surface area contributed by atoms with E-state index < -0.39 is 0 Å². The third kappa shape index (κ3) is 2.99. The second-order valence-electron chi connectivity index (χ2n) is 6.44. The molecule has 2 nitrogen and oxygen atoms in total. The summed E-state index contributed by atoms with van der Waals surface area (Å²) in [6.07, 6.45) is 0. The molecule has 122 valence electrons. The number of fused-ring (bicyclic) bond motifs is 2. The maximum absolute atomic E-state index is 12.6. The summed E-state index contributed by atoms with van der Waals surface area (Å²) in [6, 6.07) is 23.7. The molecule has 0 aromatic heterocycles. The van der Waals surface area contributed by atoms with Gasteiger partial charge in [0, 0.05) is 5.39 Å². The normalized spacial score (nSPS) is 11.0. The Balaban J connectivity index is 1.69. The van der Waals surface area contributed by atoms with Crippen LogP contribution in [0.3, 0.4) is 0 Å². The molecule has 0 heterocycles. The van der Waals surface area contributed by atoms with E-state index in [0.717, 1.165) is 21.5 Å². The fourth-order valence-electron chi connectivity index (χ4n) is 3.11. The molecule has 0 unspecified atom stereocenters. The minimum Gasteiger partial charge on any atom is -0.422 e. The molecule has 4 aromatic rings. The third-order valence-corrected chi connectivity index (χ3v) is 4.43. The van der Waals surface area contributed by atoms with Gasteiger partial charge in [0.05, 0.1) is 5.56 Å². The summed E-state index contributed by atoms with van der Waals surface area (Å²) >= 11 is 0. The van der Waals surface area contributed by atoms with Crippen LogP contribution in [0.1, 0.15) is 21.5 Å². The molecule has 0 radical (unpaired) electrons. The van der Waals surface area contributed by atoms with Crippen LogP contribution in [0.2, 0.25) is 0 Å². The van der Waals surface area contributed by atoms with Gasteiger partial charge in [-0.15, -0.1) is 0 Å². The lowest BCUT2D eigenvalue weighted by molar-refractivity contribution is 0.0737. The first-order valence-corrected chi connectivity index (χ1v) is 8.32. The molecule has 0 bridgehead atoms. The summed E-state index contributed by atoms with van der Waals surface area (Å²) in [4.78, 5) is 12.6. The van der Waals surface area contributed by atoms with E-state index in [4.69, 9.17) is 4.74 Å². The first-order valence-electron chi connectivity index (χ1n) is 8.32. The van der Waals surface area contributed by atoms with Gasteiger partial charge >= 0.3 is 5.97 Å². The second-order valence-corrected chi connectivity index (χ2v) is 6.44. The van der Waals surface area contributed by atoms with Gasteiger partial charge in [-0.3, -0.25) is 0 Å². The van der Waals surface area contributed by atoms with Crippen molar-refractivity contribution in [1.82, 2.24) is 0 Å². The fraction of sp³-hybridized carbons (Fsp3) is 0.0870. The van der Waals surface area contributed by atoms with Crippen LogP contribution in [-0.4, -0.2) is 5.97 Å². The molecule has 0 fully saturated rings. The van der Waals surface area contributed by atoms with Crippen molar-refractivity contribution in [2.45, 2.75) is 13.8 Å². The summed E-state index contributed by atoms with van der Waals surface area (Å²) < 4.78 is 5.69. The van der Waals surface area contributed by atoms with E-state index in [1.54, 1.807) is 0 Å². The number of carbonyl (C=O) groups is 1. The van der Waals surface area contributed by atoms with Gasteiger partial charge in [-0.1, -0.05) is 65.7 Å². The number of benzene rings is 4. The van der Waals surface area contributed by atoms with Crippen molar-refractivity contribution in [1.29, 1.82) is 0 Å². The van der Waals surface area contributed by atoms with E-state index in [2.05, 4.69) is 26.0 Å². The van der Waals surface area contributed by atoms with Crippen molar-refractivity contribution in [2.24, 2.45) is 0 Å². The lowest BCUT2D eigenvalue weighted by Crippen LogP contribution is -2.08. The van der Waals surface area contributed by atoms with Crippen LogP contribution in [0, 0.1) is 13.8 Å². The highest BCUT2D eigenvalue weighted by molar-refractivity contribution is 5.98. The Labute approximate surface area is 146 Å². The summed E-state index contributed by atoms with van der Waals surface area (Å²) in [5, 5.41) is 4.17. The molecular formula is C23H18O2. The van der Waals surface area contributed by atoms with Gasteiger partial charge in [0.15, 0.2) is 0 Å². The molecule has 0 spiro atoms. The second kappa shape index (κ2) is 6.06. The Bertz CT molecular complexity index is 1110. The molecule has 0 aliphatic rings. The van der Waals surface area contributed by atoms with E-state index in [1.165, 1.54) is 11.1 Å². The molecule has 0 N–H and O–H groups in total. The van der Waals surface area contributed by atoms with Gasteiger partial charge in [0.1, 0.15) is 5.75 Å². The smallest absolute Gasteiger partial charge is 0.343 e. The Morgan fingerprint density at radius 3 is 2.24 bits per heavy atom. The highest BCUT2D eigenvalue weighted by Gasteiger charge is 2.11. The zero-order chi connectivity index (χ0) is 17.4. The molecular weight excluding hydrogens is 308 g/mol. The van der Waals surface area contributed by atoms with Crippen molar-refractivity contribution >= 4 is 27.5 Å². The first-order chi connectivity index (χ1) is 12.1. The standard InChI is InChI=1S/C23H18O2/c1-15-6-8-18-14-20(10-9-17(18)12-15)23(24)25-22-5-3-4-19-13-16(2)7-11-21(19)22/h3-14H,1-2H3. The van der Waals surface area contributed by atoms with E-state index in [9.17, 15) is 4.79 Å². The maximum atomic E-state index is 12.6. The fourth-order valence-corrected chi connectivity index (χ4v) is 3.11. The average Bonchev–Trinajstić information content (AvgIpc) is 2.61. The van der Waals surface area contributed by atoms with Crippen molar-refractivity contribution in [3.63, 3.8) is 0 Å². The van der Waals surface area contributed by atoms with Crippen LogP contribution in [0.25, 0.3) is 21.5 Å². The Morgan fingerprint density at radius 2 is 1.40 bits per heavy atom. The summed E-state index contributed by atoms with van der Waals surface area (Å²) in [5.41, 5.74) is 2.94. The largest absolute Gasteiger partial charge is 0.422 e. The highest BCUT2D eigenvalue weighted by Crippen LogP contribution is 2.27. The molecule has 0 saturated carbocycles. The molecule has 0 amide bonds. The number of ether oxygens (including phenoxy) is 1. The Kier molecular flexibility index (Phi) is 3.73. The van der Waals surface area contributed by atoms with Crippen LogP contribution in [-0.2, 0) is 0 Å². The van der Waals surface area contributed by atoms with E-state index in [1.807, 2.05) is 60.7 Å². The zero-order valence-corrected chi connectivity index (χ0v) is 14.2. The topological polar surface area (TPSA) is 26.3 Å². The SMILES string of the molecule is Cc1ccc2cc(C(=O)Oc3cccc4cc(C)ccc34)ccc2c1. The first kappa shape index (κ1) is 15.4. The highest BCUT2D eigenvalue weighted by atomic mass is 16.5. The van der Waals surface area contributed by atoms with Gasteiger partial charge < -0.3 is 4.74 Å². The predicted octanol–water partition coefficient (Wildman–Crippen LogP) is 5.83. The lowest BCUT2D eigenvalue weighted by Gasteiger charge is -2.09. The zero-order valence-electron chi connectivity index (χ0n) is 14.2. The molecule has 0 aliphatic carbocycles. The third-order valence-electron chi connectivity index (χ3n) is 4.43. The maximum Gasteiger partial charge on any atom is 0.343 e. The van der Waals surface area contributed by atoms with Gasteiger partial charge in [-0.05, 0) is 48.2 Å². The number of carbonyl (C=O) groups excluding carboxylic acids is 1. The molecule has 25 heavy (non-hydrogen) atoms. The molecule has 0 aliphatic heterocycles. The summed E-state index contributed by atoms with van der Waals surface area (Å²) in [6.45, 7) is 4.11. The van der Waals surface area contributed by atoms with Crippen molar-refractivity contribution in [3.8, 4) is 5.75 Å². The van der Waals surface area contributed by atoms with Crippen molar-refractivity contribution in [2.75, 3.05) is 0 Å². The Morgan fingerprint density at radius 1 is 0.720 bits per heavy atom. The van der Waals surface area contributed by atoms with Crippen LogP contribution < -0.4 is 4.74 Å².